The van der Waals surface area contributed by atoms with Crippen LogP contribution in [0.25, 0.3) is 0 Å². The number of anilines is 1. The summed E-state index contributed by atoms with van der Waals surface area (Å²) in [7, 11) is 0. The molecule has 0 bridgehead atoms. The van der Waals surface area contributed by atoms with Gasteiger partial charge in [0.05, 0.1) is 5.92 Å². The van der Waals surface area contributed by atoms with Gasteiger partial charge in [0.2, 0.25) is 12.7 Å². The van der Waals surface area contributed by atoms with E-state index in [1.165, 1.54) is 0 Å². The Morgan fingerprint density at radius 1 is 0.808 bits per heavy atom. The molecular formula is C21H15NO4. The third kappa shape index (κ3) is 2.37. The largest absolute Gasteiger partial charge is 0.457 e. The molecule has 1 N–H and O–H groups in total. The van der Waals surface area contributed by atoms with E-state index in [-0.39, 0.29) is 12.7 Å². The Morgan fingerprint density at radius 2 is 1.46 bits per heavy atom. The average molecular weight is 345 g/mol. The third-order valence-corrected chi connectivity index (χ3v) is 4.58. The lowest BCUT2D eigenvalue weighted by atomic mass is 9.87. The molecule has 0 saturated carbocycles. The second-order valence-electron chi connectivity index (χ2n) is 6.17. The van der Waals surface area contributed by atoms with Crippen molar-refractivity contribution in [2.24, 2.45) is 0 Å². The summed E-state index contributed by atoms with van der Waals surface area (Å²) in [6, 6.07) is 20.6. The number of fused-ring (bicyclic) bond motifs is 3. The molecule has 2 aliphatic rings. The Kier molecular flexibility index (Phi) is 3.31. The molecule has 5 nitrogen and oxygen atoms in total. The molecule has 2 heterocycles. The molecular weight excluding hydrogens is 330 g/mol. The molecule has 0 unspecified atom stereocenters. The second-order valence-corrected chi connectivity index (χ2v) is 6.17. The Hall–Kier alpha value is -3.47. The van der Waals surface area contributed by atoms with E-state index < -0.39 is 5.92 Å². The molecule has 3 aromatic carbocycles. The minimum Gasteiger partial charge on any atom is -0.457 e. The van der Waals surface area contributed by atoms with E-state index >= 15 is 0 Å². The first-order chi connectivity index (χ1) is 12.8. The van der Waals surface area contributed by atoms with Gasteiger partial charge in [-0.25, -0.2) is 0 Å². The number of amides is 1. The molecule has 5 rings (SSSR count). The van der Waals surface area contributed by atoms with Gasteiger partial charge in [-0.15, -0.1) is 0 Å². The summed E-state index contributed by atoms with van der Waals surface area (Å²) in [5.74, 6) is 2.17. The molecule has 128 valence electrons. The lowest BCUT2D eigenvalue weighted by molar-refractivity contribution is -0.116. The molecule has 0 atom stereocenters. The number of hydrogen-bond donors (Lipinski definition) is 1. The lowest BCUT2D eigenvalue weighted by Gasteiger charge is -2.27. The van der Waals surface area contributed by atoms with Gasteiger partial charge >= 0.3 is 0 Å². The first-order valence-corrected chi connectivity index (χ1v) is 8.36. The highest BCUT2D eigenvalue weighted by Crippen LogP contribution is 2.44. The van der Waals surface area contributed by atoms with Gasteiger partial charge in [-0.3, -0.25) is 4.79 Å². The third-order valence-electron chi connectivity index (χ3n) is 4.58. The van der Waals surface area contributed by atoms with Gasteiger partial charge in [0.15, 0.2) is 11.5 Å². The summed E-state index contributed by atoms with van der Waals surface area (Å²) < 4.78 is 16.7. The van der Waals surface area contributed by atoms with Gasteiger partial charge in [0.1, 0.15) is 11.5 Å². The van der Waals surface area contributed by atoms with E-state index in [4.69, 9.17) is 14.2 Å². The molecule has 0 aliphatic carbocycles. The van der Waals surface area contributed by atoms with Crippen LogP contribution < -0.4 is 19.5 Å². The molecule has 0 aromatic heterocycles. The monoisotopic (exact) mass is 345 g/mol. The van der Waals surface area contributed by atoms with E-state index in [9.17, 15) is 4.79 Å². The Morgan fingerprint density at radius 3 is 2.19 bits per heavy atom. The van der Waals surface area contributed by atoms with Gasteiger partial charge in [0.25, 0.3) is 0 Å². The molecule has 2 aliphatic heterocycles. The van der Waals surface area contributed by atoms with Crippen LogP contribution in [0.4, 0.5) is 5.69 Å². The van der Waals surface area contributed by atoms with Crippen LogP contribution in [-0.4, -0.2) is 12.7 Å². The summed E-state index contributed by atoms with van der Waals surface area (Å²) >= 11 is 0. The van der Waals surface area contributed by atoms with Crippen molar-refractivity contribution in [3.8, 4) is 23.0 Å². The van der Waals surface area contributed by atoms with Crippen molar-refractivity contribution in [3.05, 3.63) is 77.9 Å². The maximum absolute atomic E-state index is 13.2. The van der Waals surface area contributed by atoms with Crippen LogP contribution in [0.5, 0.6) is 23.0 Å². The van der Waals surface area contributed by atoms with Crippen LogP contribution in [0.1, 0.15) is 17.0 Å². The fraction of sp³-hybridized carbons (Fsp3) is 0.0952. The van der Waals surface area contributed by atoms with E-state index in [1.807, 2.05) is 54.6 Å². The number of ether oxygens (including phenoxy) is 3. The number of nitrogens with one attached hydrogen (secondary N) is 1. The van der Waals surface area contributed by atoms with Gasteiger partial charge < -0.3 is 19.5 Å². The van der Waals surface area contributed by atoms with Crippen molar-refractivity contribution in [3.63, 3.8) is 0 Å². The van der Waals surface area contributed by atoms with Crippen LogP contribution in [0, 0.1) is 0 Å². The van der Waals surface area contributed by atoms with Crippen LogP contribution in [0.3, 0.4) is 0 Å². The normalized spacial score (nSPS) is 14.2. The zero-order chi connectivity index (χ0) is 17.5. The minimum atomic E-state index is -0.443. The predicted molar refractivity (Wildman–Crippen MR) is 96.0 cm³/mol. The van der Waals surface area contributed by atoms with Gasteiger partial charge in [0, 0.05) is 22.9 Å². The second kappa shape index (κ2) is 5.81. The highest BCUT2D eigenvalue weighted by atomic mass is 16.7. The van der Waals surface area contributed by atoms with Crippen molar-refractivity contribution < 1.29 is 19.0 Å². The fourth-order valence-electron chi connectivity index (χ4n) is 3.38. The van der Waals surface area contributed by atoms with Crippen LogP contribution in [-0.2, 0) is 4.79 Å². The topological polar surface area (TPSA) is 56.8 Å². The smallest absolute Gasteiger partial charge is 0.236 e. The molecule has 3 aromatic rings. The van der Waals surface area contributed by atoms with Gasteiger partial charge in [-0.05, 0) is 24.3 Å². The summed E-state index contributed by atoms with van der Waals surface area (Å²) in [4.78, 5) is 13.2. The SMILES string of the molecule is O=C(Nc1ccc2c(c1)OCO2)C1c2ccccc2Oc2ccccc21. The Labute approximate surface area is 150 Å². The highest BCUT2D eigenvalue weighted by Gasteiger charge is 2.32. The van der Waals surface area contributed by atoms with E-state index in [1.54, 1.807) is 12.1 Å². The summed E-state index contributed by atoms with van der Waals surface area (Å²) in [6.07, 6.45) is 0. The van der Waals surface area contributed by atoms with Crippen LogP contribution in [0.15, 0.2) is 66.7 Å². The zero-order valence-corrected chi connectivity index (χ0v) is 13.8. The molecule has 0 saturated heterocycles. The molecule has 0 radical (unpaired) electrons. The number of para-hydroxylation sites is 2. The highest BCUT2D eigenvalue weighted by molar-refractivity contribution is 5.99. The standard InChI is InChI=1S/C21H15NO4/c23-21(22-13-9-10-18-19(11-13)25-12-24-18)20-14-5-1-3-7-16(14)26-17-8-4-2-6-15(17)20/h1-11,20H,12H2,(H,22,23). The molecule has 5 heteroatoms. The number of carbonyl (C=O) groups is 1. The van der Waals surface area contributed by atoms with Gasteiger partial charge in [-0.1, -0.05) is 36.4 Å². The number of benzene rings is 3. The quantitative estimate of drug-likeness (QED) is 0.753. The van der Waals surface area contributed by atoms with Crippen LogP contribution in [0.2, 0.25) is 0 Å². The number of rotatable bonds is 2. The van der Waals surface area contributed by atoms with Crippen molar-refractivity contribution >= 4 is 11.6 Å². The summed E-state index contributed by atoms with van der Waals surface area (Å²) in [5.41, 5.74) is 2.37. The summed E-state index contributed by atoms with van der Waals surface area (Å²) in [6.45, 7) is 0.202. The maximum Gasteiger partial charge on any atom is 0.236 e. The van der Waals surface area contributed by atoms with E-state index in [0.717, 1.165) is 11.1 Å². The number of carbonyl (C=O) groups excluding carboxylic acids is 1. The van der Waals surface area contributed by atoms with Crippen molar-refractivity contribution in [1.82, 2.24) is 0 Å². The number of hydrogen-bond acceptors (Lipinski definition) is 4. The molecule has 0 fully saturated rings. The van der Waals surface area contributed by atoms with E-state index in [2.05, 4.69) is 5.32 Å². The van der Waals surface area contributed by atoms with Crippen molar-refractivity contribution in [2.45, 2.75) is 5.92 Å². The average Bonchev–Trinajstić information content (AvgIpc) is 3.13. The van der Waals surface area contributed by atoms with Crippen molar-refractivity contribution in [1.29, 1.82) is 0 Å². The van der Waals surface area contributed by atoms with E-state index in [0.29, 0.717) is 28.7 Å². The maximum atomic E-state index is 13.2. The van der Waals surface area contributed by atoms with Crippen LogP contribution >= 0.6 is 0 Å². The first kappa shape index (κ1) is 14.8. The predicted octanol–water partition coefficient (Wildman–Crippen LogP) is 4.29. The Bertz CT molecular complexity index is 969. The van der Waals surface area contributed by atoms with Gasteiger partial charge in [-0.2, -0.15) is 0 Å². The lowest BCUT2D eigenvalue weighted by Crippen LogP contribution is -2.25. The minimum absolute atomic E-state index is 0.118. The molecule has 0 spiro atoms. The Balaban J connectivity index is 1.52. The zero-order valence-electron chi connectivity index (χ0n) is 13.8. The summed E-state index contributed by atoms with van der Waals surface area (Å²) in [5, 5.41) is 2.99. The molecule has 1 amide bonds. The first-order valence-electron chi connectivity index (χ1n) is 8.36. The molecule has 26 heavy (non-hydrogen) atoms. The van der Waals surface area contributed by atoms with Crippen molar-refractivity contribution in [2.75, 3.05) is 12.1 Å². The fourth-order valence-corrected chi connectivity index (χ4v) is 3.38.